The Kier molecular flexibility index (Phi) is 4.00. The Morgan fingerprint density at radius 3 is 2.37 bits per heavy atom. The van der Waals surface area contributed by atoms with Crippen molar-refractivity contribution < 1.29 is 33.3 Å². The van der Waals surface area contributed by atoms with Gasteiger partial charge in [-0.1, -0.05) is 33.9 Å². The van der Waals surface area contributed by atoms with Crippen molar-refractivity contribution in [1.82, 2.24) is 0 Å². The number of esters is 3. The van der Waals surface area contributed by atoms with Crippen LogP contribution in [0.25, 0.3) is 0 Å². The lowest BCUT2D eigenvalue weighted by atomic mass is 9.56. The summed E-state index contributed by atoms with van der Waals surface area (Å²) in [4.78, 5) is 37.0. The van der Waals surface area contributed by atoms with Crippen molar-refractivity contribution in [2.45, 2.75) is 51.6 Å². The average molecular weight is 376 g/mol. The monoisotopic (exact) mass is 376 g/mol. The van der Waals surface area contributed by atoms with E-state index in [2.05, 4.69) is 13.2 Å². The van der Waals surface area contributed by atoms with Gasteiger partial charge in [0.2, 0.25) is 0 Å². The molecule has 7 heteroatoms. The van der Waals surface area contributed by atoms with Gasteiger partial charge in [-0.15, -0.1) is 0 Å². The second-order valence-corrected chi connectivity index (χ2v) is 8.49. The fraction of sp³-hybridized carbons (Fsp3) is 0.650. The van der Waals surface area contributed by atoms with Gasteiger partial charge in [0.15, 0.2) is 6.10 Å². The Labute approximate surface area is 157 Å². The van der Waals surface area contributed by atoms with Crippen LogP contribution in [0, 0.1) is 23.2 Å². The van der Waals surface area contributed by atoms with Crippen LogP contribution in [-0.4, -0.2) is 48.9 Å². The third kappa shape index (κ3) is 2.55. The Morgan fingerprint density at radius 1 is 1.19 bits per heavy atom. The van der Waals surface area contributed by atoms with E-state index in [9.17, 15) is 14.4 Å². The second-order valence-electron chi connectivity index (χ2n) is 8.49. The van der Waals surface area contributed by atoms with Crippen LogP contribution >= 0.6 is 0 Å². The molecule has 27 heavy (non-hydrogen) atoms. The minimum absolute atomic E-state index is 0.125. The normalized spacial score (nSPS) is 42.5. The smallest absolute Gasteiger partial charge is 0.334 e. The Bertz CT molecular complexity index is 749. The molecule has 4 rings (SSSR count). The van der Waals surface area contributed by atoms with E-state index in [1.54, 1.807) is 0 Å². The predicted molar refractivity (Wildman–Crippen MR) is 92.2 cm³/mol. The lowest BCUT2D eigenvalue weighted by molar-refractivity contribution is -0.202. The van der Waals surface area contributed by atoms with Crippen molar-refractivity contribution in [3.05, 3.63) is 24.3 Å². The van der Waals surface area contributed by atoms with Crippen LogP contribution in [-0.2, 0) is 33.3 Å². The summed E-state index contributed by atoms with van der Waals surface area (Å²) < 4.78 is 22.6. The number of carbonyl (C=O) groups excluding carboxylic acids is 3. The van der Waals surface area contributed by atoms with Crippen molar-refractivity contribution in [2.75, 3.05) is 6.61 Å². The molecule has 0 amide bonds. The molecule has 0 radical (unpaired) electrons. The number of rotatable bonds is 4. The Hall–Kier alpha value is -2.15. The lowest BCUT2D eigenvalue weighted by Gasteiger charge is -2.50. The number of carbonyl (C=O) groups is 3. The third-order valence-corrected chi connectivity index (χ3v) is 6.27. The third-order valence-electron chi connectivity index (χ3n) is 6.27. The molecule has 0 aromatic rings. The van der Waals surface area contributed by atoms with E-state index in [4.69, 9.17) is 18.9 Å². The lowest BCUT2D eigenvalue weighted by Crippen LogP contribution is -2.62. The zero-order chi connectivity index (χ0) is 19.7. The molecule has 0 unspecified atom stereocenters. The van der Waals surface area contributed by atoms with Crippen LogP contribution in [0.4, 0.5) is 0 Å². The van der Waals surface area contributed by atoms with E-state index in [1.807, 2.05) is 20.8 Å². The minimum atomic E-state index is -0.785. The first-order valence-electron chi connectivity index (χ1n) is 9.26. The summed E-state index contributed by atoms with van der Waals surface area (Å²) in [7, 11) is 0. The van der Waals surface area contributed by atoms with Crippen LogP contribution in [0.15, 0.2) is 24.3 Å². The van der Waals surface area contributed by atoms with Crippen molar-refractivity contribution in [3.63, 3.8) is 0 Å². The first kappa shape index (κ1) is 18.2. The first-order chi connectivity index (χ1) is 12.7. The molecule has 0 spiro atoms. The Balaban J connectivity index is 1.78. The fourth-order valence-electron chi connectivity index (χ4n) is 4.88. The van der Waals surface area contributed by atoms with Gasteiger partial charge in [-0.2, -0.15) is 0 Å². The molecule has 0 aromatic carbocycles. The largest absolute Gasteiger partial charge is 0.458 e. The maximum Gasteiger partial charge on any atom is 0.334 e. The predicted octanol–water partition coefficient (Wildman–Crippen LogP) is 1.56. The van der Waals surface area contributed by atoms with Crippen LogP contribution in [0.3, 0.4) is 0 Å². The second kappa shape index (κ2) is 5.92. The molecule has 1 aliphatic carbocycles. The zero-order valence-electron chi connectivity index (χ0n) is 15.7. The summed E-state index contributed by atoms with van der Waals surface area (Å²) in [6, 6.07) is 0. The number of hydrogen-bond donors (Lipinski definition) is 0. The highest BCUT2D eigenvalue weighted by atomic mass is 16.6. The van der Waals surface area contributed by atoms with Crippen LogP contribution in [0.2, 0.25) is 0 Å². The van der Waals surface area contributed by atoms with Crippen LogP contribution in [0.5, 0.6) is 0 Å². The molecule has 7 atom stereocenters. The highest BCUT2D eigenvalue weighted by Gasteiger charge is 2.72. The maximum atomic E-state index is 12.5. The molecule has 0 N–H and O–H groups in total. The quantitative estimate of drug-likeness (QED) is 0.318. The molecule has 0 aromatic heterocycles. The van der Waals surface area contributed by atoms with E-state index in [0.29, 0.717) is 12.2 Å². The van der Waals surface area contributed by atoms with Gasteiger partial charge in [0, 0.05) is 28.9 Å². The fourth-order valence-corrected chi connectivity index (χ4v) is 4.88. The molecule has 0 bridgehead atoms. The molecule has 3 saturated heterocycles. The van der Waals surface area contributed by atoms with E-state index >= 15 is 0 Å². The molecular weight excluding hydrogens is 352 g/mol. The SMILES string of the molecule is C=C1C(=O)O[C@H]2[C@@H]1[C@H]1OC(=O)C(=C)[C@@H]1[C@@](C)([C@@H]1CO1)[C@H]2OC(=O)CC(C)C. The van der Waals surface area contributed by atoms with Crippen molar-refractivity contribution in [3.8, 4) is 0 Å². The summed E-state index contributed by atoms with van der Waals surface area (Å²) in [5.74, 6) is -2.31. The highest BCUT2D eigenvalue weighted by Crippen LogP contribution is 2.60. The Morgan fingerprint density at radius 2 is 1.78 bits per heavy atom. The first-order valence-corrected chi connectivity index (χ1v) is 9.26. The summed E-state index contributed by atoms with van der Waals surface area (Å²) in [6.45, 7) is 14.0. The standard InChI is InChI=1S/C20H24O7/c1-8(2)6-12(21)25-17-16-13(9(3)18(22)27-16)15-14(10(4)19(23)26-15)20(17,5)11-7-24-11/h8,11,13-17H,3-4,6-7H2,1-2,5H3/t11-,13-,14-,15+,16-,17-,20+/m0/s1. The van der Waals surface area contributed by atoms with Gasteiger partial charge in [0.1, 0.15) is 12.2 Å². The van der Waals surface area contributed by atoms with E-state index < -0.39 is 47.5 Å². The van der Waals surface area contributed by atoms with Gasteiger partial charge >= 0.3 is 17.9 Å². The molecule has 1 saturated carbocycles. The molecule has 3 heterocycles. The van der Waals surface area contributed by atoms with Gasteiger partial charge in [-0.05, 0) is 5.92 Å². The molecular formula is C20H24O7. The highest BCUT2D eigenvalue weighted by molar-refractivity contribution is 5.94. The molecule has 4 aliphatic rings. The zero-order valence-corrected chi connectivity index (χ0v) is 15.7. The number of hydrogen-bond acceptors (Lipinski definition) is 7. The summed E-state index contributed by atoms with van der Waals surface area (Å²) in [6.07, 6.45) is -2.13. The van der Waals surface area contributed by atoms with Crippen LogP contribution < -0.4 is 0 Å². The minimum Gasteiger partial charge on any atom is -0.458 e. The van der Waals surface area contributed by atoms with Crippen molar-refractivity contribution >= 4 is 17.9 Å². The topological polar surface area (TPSA) is 91.4 Å². The van der Waals surface area contributed by atoms with E-state index in [1.165, 1.54) is 0 Å². The maximum absolute atomic E-state index is 12.5. The van der Waals surface area contributed by atoms with E-state index in [-0.39, 0.29) is 30.0 Å². The van der Waals surface area contributed by atoms with Gasteiger partial charge < -0.3 is 18.9 Å². The number of ether oxygens (including phenoxy) is 4. The number of epoxide rings is 1. The van der Waals surface area contributed by atoms with Gasteiger partial charge in [0.25, 0.3) is 0 Å². The van der Waals surface area contributed by atoms with Crippen molar-refractivity contribution in [2.24, 2.45) is 23.2 Å². The van der Waals surface area contributed by atoms with Crippen molar-refractivity contribution in [1.29, 1.82) is 0 Å². The van der Waals surface area contributed by atoms with Crippen LogP contribution in [0.1, 0.15) is 27.2 Å². The molecule has 146 valence electrons. The average Bonchev–Trinajstić information content (AvgIpc) is 3.33. The molecule has 3 aliphatic heterocycles. The molecule has 4 fully saturated rings. The summed E-state index contributed by atoms with van der Waals surface area (Å²) >= 11 is 0. The summed E-state index contributed by atoms with van der Waals surface area (Å²) in [5.41, 5.74) is -0.234. The summed E-state index contributed by atoms with van der Waals surface area (Å²) in [5, 5.41) is 0. The van der Waals surface area contributed by atoms with Gasteiger partial charge in [0.05, 0.1) is 18.6 Å². The van der Waals surface area contributed by atoms with Gasteiger partial charge in [-0.3, -0.25) is 4.79 Å². The van der Waals surface area contributed by atoms with E-state index in [0.717, 1.165) is 0 Å². The molecule has 7 nitrogen and oxygen atoms in total. The number of fused-ring (bicyclic) bond motifs is 3. The van der Waals surface area contributed by atoms with Gasteiger partial charge in [-0.25, -0.2) is 9.59 Å².